The summed E-state index contributed by atoms with van der Waals surface area (Å²) in [6.07, 6.45) is 0. The van der Waals surface area contributed by atoms with E-state index >= 15 is 0 Å². The molecular formula is C13H29N5O. The van der Waals surface area contributed by atoms with E-state index in [4.69, 9.17) is 5.84 Å². The van der Waals surface area contributed by atoms with E-state index in [1.807, 2.05) is 13.8 Å². The molecule has 0 aliphatic carbocycles. The van der Waals surface area contributed by atoms with Gasteiger partial charge in [0.2, 0.25) is 5.96 Å². The fourth-order valence-corrected chi connectivity index (χ4v) is 2.17. The third-order valence-corrected chi connectivity index (χ3v) is 3.02. The molecule has 6 heteroatoms. The number of nitrogens with zero attached hydrogens (tertiary/aromatic N) is 3. The number of hydrazine groups is 1. The van der Waals surface area contributed by atoms with Gasteiger partial charge < -0.3 is 10.0 Å². The number of β-amino-alcohol motifs (C(OH)–C–C–N with tert-alkyl or cyclic N) is 1. The second-order valence-electron chi connectivity index (χ2n) is 6.28. The molecule has 1 aliphatic heterocycles. The molecule has 1 heterocycles. The van der Waals surface area contributed by atoms with Crippen molar-refractivity contribution in [2.75, 3.05) is 39.3 Å². The van der Waals surface area contributed by atoms with Crippen LogP contribution in [0.5, 0.6) is 0 Å². The summed E-state index contributed by atoms with van der Waals surface area (Å²) < 4.78 is 0. The monoisotopic (exact) mass is 271 g/mol. The van der Waals surface area contributed by atoms with E-state index in [0.717, 1.165) is 38.7 Å². The van der Waals surface area contributed by atoms with Crippen LogP contribution in [0.15, 0.2) is 4.99 Å². The third-order valence-electron chi connectivity index (χ3n) is 3.02. The molecule has 112 valence electrons. The summed E-state index contributed by atoms with van der Waals surface area (Å²) in [4.78, 5) is 8.94. The Hall–Kier alpha value is -0.850. The van der Waals surface area contributed by atoms with Crippen molar-refractivity contribution in [3.8, 4) is 0 Å². The SMILES string of the molecule is CC(C)CN=C(NN)N1CCN(CC(C)(C)O)CC1. The van der Waals surface area contributed by atoms with Crippen LogP contribution >= 0.6 is 0 Å². The van der Waals surface area contributed by atoms with Gasteiger partial charge in [-0.15, -0.1) is 0 Å². The molecule has 0 bridgehead atoms. The molecule has 0 saturated carbocycles. The molecule has 19 heavy (non-hydrogen) atoms. The van der Waals surface area contributed by atoms with Crippen LogP contribution in [0.25, 0.3) is 0 Å². The smallest absolute Gasteiger partial charge is 0.208 e. The molecule has 0 atom stereocenters. The average molecular weight is 271 g/mol. The average Bonchev–Trinajstić information content (AvgIpc) is 2.29. The molecule has 0 spiro atoms. The lowest BCUT2D eigenvalue weighted by atomic mass is 10.1. The summed E-state index contributed by atoms with van der Waals surface area (Å²) in [6, 6.07) is 0. The first-order valence-corrected chi connectivity index (χ1v) is 7.02. The van der Waals surface area contributed by atoms with Gasteiger partial charge in [-0.3, -0.25) is 15.3 Å². The summed E-state index contributed by atoms with van der Waals surface area (Å²) >= 11 is 0. The molecular weight excluding hydrogens is 242 g/mol. The van der Waals surface area contributed by atoms with E-state index in [1.54, 1.807) is 0 Å². The van der Waals surface area contributed by atoms with Gasteiger partial charge in [-0.2, -0.15) is 0 Å². The van der Waals surface area contributed by atoms with Crippen LogP contribution in [0, 0.1) is 5.92 Å². The number of aliphatic hydroxyl groups is 1. The third kappa shape index (κ3) is 6.22. The first-order chi connectivity index (χ1) is 8.81. The van der Waals surface area contributed by atoms with Crippen molar-refractivity contribution < 1.29 is 5.11 Å². The van der Waals surface area contributed by atoms with E-state index < -0.39 is 5.60 Å². The molecule has 1 aliphatic rings. The standard InChI is InChI=1S/C13H29N5O/c1-11(2)9-15-12(16-14)18-7-5-17(6-8-18)10-13(3,4)19/h11,19H,5-10,14H2,1-4H3,(H,15,16). The molecule has 0 amide bonds. The highest BCUT2D eigenvalue weighted by Gasteiger charge is 2.23. The van der Waals surface area contributed by atoms with Crippen LogP contribution < -0.4 is 11.3 Å². The lowest BCUT2D eigenvalue weighted by Crippen LogP contribution is -2.55. The summed E-state index contributed by atoms with van der Waals surface area (Å²) in [5.74, 6) is 6.85. The van der Waals surface area contributed by atoms with Crippen LogP contribution in [0.4, 0.5) is 0 Å². The number of aliphatic imine (C=N–C) groups is 1. The lowest BCUT2D eigenvalue weighted by Gasteiger charge is -2.38. The minimum Gasteiger partial charge on any atom is -0.389 e. The molecule has 0 aromatic rings. The molecule has 0 aromatic carbocycles. The molecule has 4 N–H and O–H groups in total. The highest BCUT2D eigenvalue weighted by Crippen LogP contribution is 2.08. The van der Waals surface area contributed by atoms with Gasteiger partial charge in [0.1, 0.15) is 0 Å². The van der Waals surface area contributed by atoms with Crippen LogP contribution in [0.1, 0.15) is 27.7 Å². The van der Waals surface area contributed by atoms with E-state index in [1.165, 1.54) is 0 Å². The number of guanidine groups is 1. The summed E-state index contributed by atoms with van der Waals surface area (Å²) in [6.45, 7) is 13.1. The van der Waals surface area contributed by atoms with Crippen LogP contribution in [0.2, 0.25) is 0 Å². The number of rotatable bonds is 4. The van der Waals surface area contributed by atoms with Gasteiger partial charge in [0.15, 0.2) is 0 Å². The Balaban J connectivity index is 2.45. The van der Waals surface area contributed by atoms with E-state index in [0.29, 0.717) is 12.5 Å². The Morgan fingerprint density at radius 3 is 2.32 bits per heavy atom. The Morgan fingerprint density at radius 2 is 1.89 bits per heavy atom. The maximum absolute atomic E-state index is 9.83. The highest BCUT2D eigenvalue weighted by molar-refractivity contribution is 5.79. The highest BCUT2D eigenvalue weighted by atomic mass is 16.3. The zero-order valence-corrected chi connectivity index (χ0v) is 12.7. The van der Waals surface area contributed by atoms with E-state index in [2.05, 4.69) is 34.1 Å². The Labute approximate surface area is 116 Å². The fourth-order valence-electron chi connectivity index (χ4n) is 2.17. The minimum absolute atomic E-state index is 0.528. The number of piperazine rings is 1. The lowest BCUT2D eigenvalue weighted by molar-refractivity contribution is 0.0248. The molecule has 0 aromatic heterocycles. The van der Waals surface area contributed by atoms with Gasteiger partial charge in [0.05, 0.1) is 5.60 Å². The van der Waals surface area contributed by atoms with Crippen LogP contribution in [0.3, 0.4) is 0 Å². The zero-order chi connectivity index (χ0) is 14.5. The Kier molecular flexibility index (Phi) is 6.03. The summed E-state index contributed by atoms with van der Waals surface area (Å²) in [5, 5.41) is 9.83. The predicted molar refractivity (Wildman–Crippen MR) is 78.8 cm³/mol. The zero-order valence-electron chi connectivity index (χ0n) is 12.7. The largest absolute Gasteiger partial charge is 0.389 e. The summed E-state index contributed by atoms with van der Waals surface area (Å²) in [5.41, 5.74) is 2.06. The van der Waals surface area contributed by atoms with Crippen LogP contribution in [-0.4, -0.2) is 65.7 Å². The molecule has 0 unspecified atom stereocenters. The van der Waals surface area contributed by atoms with E-state index in [-0.39, 0.29) is 0 Å². The first kappa shape index (κ1) is 16.2. The normalized spacial score (nSPS) is 19.1. The fraction of sp³-hybridized carbons (Fsp3) is 0.923. The van der Waals surface area contributed by atoms with E-state index in [9.17, 15) is 5.11 Å². The van der Waals surface area contributed by atoms with Crippen molar-refractivity contribution in [2.24, 2.45) is 16.8 Å². The first-order valence-electron chi connectivity index (χ1n) is 7.02. The molecule has 1 saturated heterocycles. The topological polar surface area (TPSA) is 77.1 Å². The summed E-state index contributed by atoms with van der Waals surface area (Å²) in [7, 11) is 0. The second kappa shape index (κ2) is 7.07. The number of nitrogens with one attached hydrogen (secondary N) is 1. The van der Waals surface area contributed by atoms with Gasteiger partial charge in [-0.1, -0.05) is 13.8 Å². The maximum Gasteiger partial charge on any atom is 0.208 e. The second-order valence-corrected chi connectivity index (χ2v) is 6.28. The van der Waals surface area contributed by atoms with Gasteiger partial charge in [0.25, 0.3) is 0 Å². The van der Waals surface area contributed by atoms with Crippen LogP contribution in [-0.2, 0) is 0 Å². The predicted octanol–water partition coefficient (Wildman–Crippen LogP) is -0.150. The molecule has 6 nitrogen and oxygen atoms in total. The van der Waals surface area contributed by atoms with Crippen molar-refractivity contribution in [3.63, 3.8) is 0 Å². The van der Waals surface area contributed by atoms with Crippen molar-refractivity contribution in [1.29, 1.82) is 0 Å². The van der Waals surface area contributed by atoms with Gasteiger partial charge in [-0.05, 0) is 19.8 Å². The minimum atomic E-state index is -0.636. The molecule has 1 rings (SSSR count). The van der Waals surface area contributed by atoms with Gasteiger partial charge >= 0.3 is 0 Å². The molecule has 0 radical (unpaired) electrons. The maximum atomic E-state index is 9.83. The molecule has 1 fully saturated rings. The van der Waals surface area contributed by atoms with Gasteiger partial charge in [-0.25, -0.2) is 5.84 Å². The Morgan fingerprint density at radius 1 is 1.32 bits per heavy atom. The van der Waals surface area contributed by atoms with Crippen molar-refractivity contribution in [3.05, 3.63) is 0 Å². The Bertz CT molecular complexity index is 290. The number of hydrogen-bond donors (Lipinski definition) is 3. The number of nitrogens with two attached hydrogens (primary N) is 1. The number of hydrogen-bond acceptors (Lipinski definition) is 4. The van der Waals surface area contributed by atoms with Crippen molar-refractivity contribution in [1.82, 2.24) is 15.2 Å². The van der Waals surface area contributed by atoms with Crippen molar-refractivity contribution in [2.45, 2.75) is 33.3 Å². The van der Waals surface area contributed by atoms with Crippen molar-refractivity contribution >= 4 is 5.96 Å². The quantitative estimate of drug-likeness (QED) is 0.287. The van der Waals surface area contributed by atoms with Gasteiger partial charge in [0, 0.05) is 39.3 Å².